The number of aliphatic hydroxyl groups is 1. The van der Waals surface area contributed by atoms with Crippen molar-refractivity contribution in [3.63, 3.8) is 0 Å². The molecule has 0 atom stereocenters. The maximum absolute atomic E-state index is 12.6. The third-order valence-corrected chi connectivity index (χ3v) is 5.92. The SMILES string of the molecule is COc1ccc(-c2nc(C(=O)Nc3ccc(N4CCC(O)CC4)cc3)cs2)cc1. The molecule has 0 saturated carbocycles. The van der Waals surface area contributed by atoms with E-state index in [1.54, 1.807) is 12.5 Å². The van der Waals surface area contributed by atoms with E-state index in [2.05, 4.69) is 15.2 Å². The molecule has 0 bridgehead atoms. The van der Waals surface area contributed by atoms with Gasteiger partial charge in [0, 0.05) is 35.4 Å². The first kappa shape index (κ1) is 19.4. The topological polar surface area (TPSA) is 74.7 Å². The molecule has 0 spiro atoms. The number of rotatable bonds is 5. The second-order valence-electron chi connectivity index (χ2n) is 6.99. The highest BCUT2D eigenvalue weighted by molar-refractivity contribution is 7.13. The molecule has 29 heavy (non-hydrogen) atoms. The molecule has 1 fully saturated rings. The van der Waals surface area contributed by atoms with Crippen molar-refractivity contribution in [1.29, 1.82) is 0 Å². The zero-order valence-electron chi connectivity index (χ0n) is 16.2. The van der Waals surface area contributed by atoms with Gasteiger partial charge in [0.1, 0.15) is 16.5 Å². The maximum Gasteiger partial charge on any atom is 0.275 e. The van der Waals surface area contributed by atoms with Crippen LogP contribution in [0.15, 0.2) is 53.9 Å². The predicted octanol–water partition coefficient (Wildman–Crippen LogP) is 4.03. The highest BCUT2D eigenvalue weighted by atomic mass is 32.1. The number of carbonyl (C=O) groups is 1. The van der Waals surface area contributed by atoms with E-state index >= 15 is 0 Å². The average Bonchev–Trinajstić information content (AvgIpc) is 3.25. The van der Waals surface area contributed by atoms with Crippen LogP contribution >= 0.6 is 11.3 Å². The van der Waals surface area contributed by atoms with Crippen LogP contribution in [0.1, 0.15) is 23.3 Å². The summed E-state index contributed by atoms with van der Waals surface area (Å²) >= 11 is 1.44. The summed E-state index contributed by atoms with van der Waals surface area (Å²) in [6.07, 6.45) is 1.39. The Bertz CT molecular complexity index is 962. The van der Waals surface area contributed by atoms with Crippen LogP contribution in [0.4, 0.5) is 11.4 Å². The highest BCUT2D eigenvalue weighted by Gasteiger charge is 2.17. The second kappa shape index (κ2) is 8.63. The van der Waals surface area contributed by atoms with Crippen LogP contribution in [-0.2, 0) is 0 Å². The first-order chi connectivity index (χ1) is 14.1. The molecular formula is C22H23N3O3S. The number of amides is 1. The Morgan fingerprint density at radius 3 is 2.48 bits per heavy atom. The normalized spacial score (nSPS) is 14.6. The Morgan fingerprint density at radius 1 is 1.14 bits per heavy atom. The van der Waals surface area contributed by atoms with Crippen molar-refractivity contribution < 1.29 is 14.6 Å². The van der Waals surface area contributed by atoms with Crippen LogP contribution in [0.3, 0.4) is 0 Å². The number of hydrogen-bond donors (Lipinski definition) is 2. The zero-order valence-corrected chi connectivity index (χ0v) is 17.0. The van der Waals surface area contributed by atoms with Gasteiger partial charge >= 0.3 is 0 Å². The van der Waals surface area contributed by atoms with Gasteiger partial charge in [-0.3, -0.25) is 4.79 Å². The van der Waals surface area contributed by atoms with Gasteiger partial charge in [0.25, 0.3) is 5.91 Å². The number of ether oxygens (including phenoxy) is 1. The summed E-state index contributed by atoms with van der Waals surface area (Å²) in [6, 6.07) is 15.4. The molecule has 7 heteroatoms. The van der Waals surface area contributed by atoms with Crippen molar-refractivity contribution in [1.82, 2.24) is 4.98 Å². The van der Waals surface area contributed by atoms with Gasteiger partial charge in [-0.2, -0.15) is 0 Å². The molecule has 1 aromatic heterocycles. The molecular weight excluding hydrogens is 386 g/mol. The van der Waals surface area contributed by atoms with E-state index in [-0.39, 0.29) is 12.0 Å². The van der Waals surface area contributed by atoms with Crippen LogP contribution in [0.25, 0.3) is 10.6 Å². The molecule has 1 saturated heterocycles. The fourth-order valence-corrected chi connectivity index (χ4v) is 4.13. The van der Waals surface area contributed by atoms with Crippen molar-refractivity contribution in [3.8, 4) is 16.3 Å². The van der Waals surface area contributed by atoms with Gasteiger partial charge < -0.3 is 20.1 Å². The van der Waals surface area contributed by atoms with Crippen molar-refractivity contribution >= 4 is 28.6 Å². The summed E-state index contributed by atoms with van der Waals surface area (Å²) in [5.74, 6) is 0.558. The molecule has 1 aliphatic rings. The number of benzene rings is 2. The van der Waals surface area contributed by atoms with Gasteiger partial charge in [-0.25, -0.2) is 4.98 Å². The molecule has 0 radical (unpaired) electrons. The van der Waals surface area contributed by atoms with Crippen molar-refractivity contribution in [2.45, 2.75) is 18.9 Å². The number of thiazole rings is 1. The third-order valence-electron chi connectivity index (χ3n) is 5.03. The fourth-order valence-electron chi connectivity index (χ4n) is 3.32. The van der Waals surface area contributed by atoms with Gasteiger partial charge in [-0.15, -0.1) is 11.3 Å². The lowest BCUT2D eigenvalue weighted by Gasteiger charge is -2.31. The van der Waals surface area contributed by atoms with Crippen LogP contribution in [0.2, 0.25) is 0 Å². The van der Waals surface area contributed by atoms with E-state index in [0.717, 1.165) is 53.6 Å². The minimum absolute atomic E-state index is 0.189. The Kier molecular flexibility index (Phi) is 5.78. The Labute approximate surface area is 173 Å². The van der Waals surface area contributed by atoms with Gasteiger partial charge in [0.05, 0.1) is 13.2 Å². The number of nitrogens with zero attached hydrogens (tertiary/aromatic N) is 2. The lowest BCUT2D eigenvalue weighted by molar-refractivity contribution is 0.102. The first-order valence-electron chi connectivity index (χ1n) is 9.57. The summed E-state index contributed by atoms with van der Waals surface area (Å²) in [5, 5.41) is 15.1. The molecule has 0 aliphatic carbocycles. The van der Waals surface area contributed by atoms with E-state index in [1.807, 2.05) is 48.5 Å². The third kappa shape index (κ3) is 4.58. The van der Waals surface area contributed by atoms with E-state index < -0.39 is 0 Å². The Morgan fingerprint density at radius 2 is 1.83 bits per heavy atom. The number of nitrogens with one attached hydrogen (secondary N) is 1. The summed E-state index contributed by atoms with van der Waals surface area (Å²) in [5.41, 5.74) is 3.18. The number of aliphatic hydroxyl groups excluding tert-OH is 1. The molecule has 150 valence electrons. The molecule has 4 rings (SSSR count). The maximum atomic E-state index is 12.6. The lowest BCUT2D eigenvalue weighted by atomic mass is 10.1. The molecule has 2 aromatic carbocycles. The monoisotopic (exact) mass is 409 g/mol. The number of hydrogen-bond acceptors (Lipinski definition) is 6. The van der Waals surface area contributed by atoms with Crippen LogP contribution < -0.4 is 15.0 Å². The van der Waals surface area contributed by atoms with E-state index in [1.165, 1.54) is 11.3 Å². The molecule has 2 heterocycles. The van der Waals surface area contributed by atoms with Crippen LogP contribution in [0, 0.1) is 0 Å². The Hall–Kier alpha value is -2.90. The van der Waals surface area contributed by atoms with Gasteiger partial charge in [-0.05, 0) is 61.4 Å². The number of piperidine rings is 1. The molecule has 2 N–H and O–H groups in total. The molecule has 1 aliphatic heterocycles. The highest BCUT2D eigenvalue weighted by Crippen LogP contribution is 2.26. The van der Waals surface area contributed by atoms with Crippen LogP contribution in [0.5, 0.6) is 5.75 Å². The quantitative estimate of drug-likeness (QED) is 0.665. The van der Waals surface area contributed by atoms with Crippen molar-refractivity contribution in [2.24, 2.45) is 0 Å². The van der Waals surface area contributed by atoms with E-state index in [9.17, 15) is 9.90 Å². The first-order valence-corrected chi connectivity index (χ1v) is 10.4. The molecule has 6 nitrogen and oxygen atoms in total. The average molecular weight is 410 g/mol. The number of aromatic nitrogens is 1. The molecule has 0 unspecified atom stereocenters. The number of anilines is 2. The summed E-state index contributed by atoms with van der Waals surface area (Å²) in [4.78, 5) is 19.3. The van der Waals surface area contributed by atoms with Gasteiger partial charge in [-0.1, -0.05) is 0 Å². The van der Waals surface area contributed by atoms with Gasteiger partial charge in [0.15, 0.2) is 0 Å². The van der Waals surface area contributed by atoms with Crippen LogP contribution in [-0.4, -0.2) is 42.3 Å². The van der Waals surface area contributed by atoms with Crippen molar-refractivity contribution in [2.75, 3.05) is 30.4 Å². The summed E-state index contributed by atoms with van der Waals surface area (Å²) < 4.78 is 5.17. The molecule has 1 amide bonds. The summed E-state index contributed by atoms with van der Waals surface area (Å²) in [7, 11) is 1.63. The smallest absolute Gasteiger partial charge is 0.275 e. The summed E-state index contributed by atoms with van der Waals surface area (Å²) in [6.45, 7) is 1.69. The largest absolute Gasteiger partial charge is 0.497 e. The minimum Gasteiger partial charge on any atom is -0.497 e. The number of methoxy groups -OCH3 is 1. The number of carbonyl (C=O) groups excluding carboxylic acids is 1. The minimum atomic E-state index is -0.227. The standard InChI is InChI=1S/C22H23N3O3S/c1-28-19-8-2-15(3-9-19)22-24-20(14-29-22)21(27)23-16-4-6-17(7-5-16)25-12-10-18(26)11-13-25/h2-9,14,18,26H,10-13H2,1H3,(H,23,27). The predicted molar refractivity (Wildman–Crippen MR) is 116 cm³/mol. The van der Waals surface area contributed by atoms with E-state index in [0.29, 0.717) is 5.69 Å². The van der Waals surface area contributed by atoms with E-state index in [4.69, 9.17) is 4.74 Å². The zero-order chi connectivity index (χ0) is 20.2. The lowest BCUT2D eigenvalue weighted by Crippen LogP contribution is -2.35. The fraction of sp³-hybridized carbons (Fsp3) is 0.273. The van der Waals surface area contributed by atoms with Gasteiger partial charge in [0.2, 0.25) is 0 Å². The molecule has 3 aromatic rings. The van der Waals surface area contributed by atoms with Crippen molar-refractivity contribution in [3.05, 3.63) is 59.6 Å². The second-order valence-corrected chi connectivity index (χ2v) is 7.84. The Balaban J connectivity index is 1.39.